The first-order chi connectivity index (χ1) is 6.95. The minimum Gasteiger partial charge on any atom is -0.124 e. The molecule has 1 aromatic rings. The van der Waals surface area contributed by atoms with Gasteiger partial charge in [0.15, 0.2) is 0 Å². The maximum absolute atomic E-state index is 3.29. The van der Waals surface area contributed by atoms with Crippen molar-refractivity contribution in [1.29, 1.82) is 0 Å². The summed E-state index contributed by atoms with van der Waals surface area (Å²) < 4.78 is 0. The lowest BCUT2D eigenvalue weighted by Gasteiger charge is -1.95. The Morgan fingerprint density at radius 2 is 1.79 bits per heavy atom. The molecule has 1 fully saturated rings. The molecule has 1 aliphatic rings. The van der Waals surface area contributed by atoms with Crippen molar-refractivity contribution in [3.63, 3.8) is 0 Å². The minimum atomic E-state index is 0.787. The summed E-state index contributed by atoms with van der Waals surface area (Å²) in [5, 5.41) is 0. The van der Waals surface area contributed by atoms with Crippen molar-refractivity contribution in [2.75, 3.05) is 0 Å². The second-order valence-corrected chi connectivity index (χ2v) is 3.93. The summed E-state index contributed by atoms with van der Waals surface area (Å²) in [4.78, 5) is 0. The zero-order chi connectivity index (χ0) is 9.64. The first-order valence-corrected chi connectivity index (χ1v) is 5.43. The zero-order valence-corrected chi connectivity index (χ0v) is 8.45. The molecule has 0 amide bonds. The maximum atomic E-state index is 3.29. The maximum Gasteiger partial charge on any atom is -0.0130 e. The third-order valence-corrected chi connectivity index (χ3v) is 2.78. The van der Waals surface area contributed by atoms with Crippen LogP contribution in [0.25, 0.3) is 6.08 Å². The Morgan fingerprint density at radius 1 is 1.07 bits per heavy atom. The highest BCUT2D eigenvalue weighted by atomic mass is 14.1. The summed E-state index contributed by atoms with van der Waals surface area (Å²) in [5.41, 5.74) is 4.53. The van der Waals surface area contributed by atoms with Crippen molar-refractivity contribution >= 4 is 6.08 Å². The van der Waals surface area contributed by atoms with E-state index >= 15 is 0 Å². The summed E-state index contributed by atoms with van der Waals surface area (Å²) in [5.74, 6) is 0.787. The molecule has 14 heavy (non-hydrogen) atoms. The van der Waals surface area contributed by atoms with Crippen LogP contribution in [-0.4, -0.2) is 0 Å². The average molecular weight is 184 g/mol. The highest BCUT2D eigenvalue weighted by Gasteiger charge is 2.10. The van der Waals surface area contributed by atoms with E-state index < -0.39 is 0 Å². The number of benzene rings is 1. The van der Waals surface area contributed by atoms with E-state index in [0.717, 1.165) is 5.92 Å². The lowest BCUT2D eigenvalue weighted by molar-refractivity contribution is 0.687. The van der Waals surface area contributed by atoms with E-state index in [4.69, 9.17) is 0 Å². The van der Waals surface area contributed by atoms with Crippen molar-refractivity contribution in [3.8, 4) is 0 Å². The predicted molar refractivity (Wildman–Crippen MR) is 60.9 cm³/mol. The molecule has 0 unspecified atom stereocenters. The van der Waals surface area contributed by atoms with Gasteiger partial charge < -0.3 is 0 Å². The summed E-state index contributed by atoms with van der Waals surface area (Å²) in [7, 11) is 0. The van der Waals surface area contributed by atoms with E-state index in [9.17, 15) is 0 Å². The Hall–Kier alpha value is -1.26. The van der Waals surface area contributed by atoms with Gasteiger partial charge in [-0.3, -0.25) is 0 Å². The van der Waals surface area contributed by atoms with Crippen LogP contribution in [0.5, 0.6) is 0 Å². The highest BCUT2D eigenvalue weighted by Crippen LogP contribution is 2.25. The highest BCUT2D eigenvalue weighted by molar-refractivity contribution is 5.47. The van der Waals surface area contributed by atoms with Gasteiger partial charge >= 0.3 is 0 Å². The summed E-state index contributed by atoms with van der Waals surface area (Å²) in [6, 6.07) is 10.4. The second kappa shape index (κ2) is 4.83. The quantitative estimate of drug-likeness (QED) is 0.608. The molecule has 0 heteroatoms. The second-order valence-electron chi connectivity index (χ2n) is 3.93. The molecule has 2 rings (SSSR count). The molecule has 0 N–H and O–H groups in total. The van der Waals surface area contributed by atoms with Gasteiger partial charge in [-0.1, -0.05) is 43.2 Å². The average Bonchev–Trinajstić information content (AvgIpc) is 2.72. The van der Waals surface area contributed by atoms with Gasteiger partial charge in [-0.15, -0.1) is 5.73 Å². The smallest absolute Gasteiger partial charge is 0.0130 e. The van der Waals surface area contributed by atoms with Crippen molar-refractivity contribution < 1.29 is 0 Å². The fraction of sp³-hybridized carbons (Fsp3) is 0.357. The van der Waals surface area contributed by atoms with Crippen LogP contribution in [0.1, 0.15) is 31.2 Å². The number of rotatable bonds is 2. The summed E-state index contributed by atoms with van der Waals surface area (Å²) in [6.07, 6.45) is 9.81. The van der Waals surface area contributed by atoms with Gasteiger partial charge in [-0.2, -0.15) is 0 Å². The molecule has 0 radical (unpaired) electrons. The minimum absolute atomic E-state index is 0.787. The fourth-order valence-electron chi connectivity index (χ4n) is 1.95. The molecular formula is C14H16. The first kappa shape index (κ1) is 9.30. The van der Waals surface area contributed by atoms with Gasteiger partial charge in [0.2, 0.25) is 0 Å². The van der Waals surface area contributed by atoms with Crippen LogP contribution in [0.15, 0.2) is 42.1 Å². The van der Waals surface area contributed by atoms with Crippen LogP contribution in [0.4, 0.5) is 0 Å². The lowest BCUT2D eigenvalue weighted by Crippen LogP contribution is -1.83. The van der Waals surface area contributed by atoms with E-state index in [1.54, 1.807) is 0 Å². The zero-order valence-electron chi connectivity index (χ0n) is 8.45. The summed E-state index contributed by atoms with van der Waals surface area (Å²) >= 11 is 0. The van der Waals surface area contributed by atoms with Gasteiger partial charge in [0.05, 0.1) is 0 Å². The Bertz CT molecular complexity index is 322. The lowest BCUT2D eigenvalue weighted by atomic mass is 10.1. The van der Waals surface area contributed by atoms with Crippen LogP contribution >= 0.6 is 0 Å². The van der Waals surface area contributed by atoms with Crippen molar-refractivity contribution in [2.24, 2.45) is 5.92 Å². The van der Waals surface area contributed by atoms with Crippen LogP contribution in [-0.2, 0) is 0 Å². The molecule has 0 aromatic heterocycles. The molecule has 1 saturated carbocycles. The van der Waals surface area contributed by atoms with Crippen LogP contribution in [0.3, 0.4) is 0 Å². The van der Waals surface area contributed by atoms with Gasteiger partial charge in [-0.05, 0) is 36.5 Å². The molecular weight excluding hydrogens is 168 g/mol. The number of hydrogen-bond acceptors (Lipinski definition) is 0. The fourth-order valence-corrected chi connectivity index (χ4v) is 1.95. The monoisotopic (exact) mass is 184 g/mol. The van der Waals surface area contributed by atoms with Gasteiger partial charge in [0.1, 0.15) is 0 Å². The molecule has 0 aliphatic heterocycles. The number of allylic oxidation sites excluding steroid dienone is 1. The largest absolute Gasteiger partial charge is 0.124 e. The summed E-state index contributed by atoms with van der Waals surface area (Å²) in [6.45, 7) is 0. The van der Waals surface area contributed by atoms with E-state index in [1.165, 1.54) is 31.2 Å². The Labute approximate surface area is 86.0 Å². The Kier molecular flexibility index (Phi) is 3.21. The van der Waals surface area contributed by atoms with Crippen molar-refractivity contribution in [3.05, 3.63) is 47.7 Å². The molecule has 0 bridgehead atoms. The first-order valence-electron chi connectivity index (χ1n) is 5.43. The molecule has 0 atom stereocenters. The van der Waals surface area contributed by atoms with Crippen LogP contribution in [0, 0.1) is 5.92 Å². The molecule has 1 aliphatic carbocycles. The van der Waals surface area contributed by atoms with E-state index in [2.05, 4.69) is 42.1 Å². The SMILES string of the molecule is C(=Cc1ccccc1)=CC1CCCC1. The standard InChI is InChI=1S/C14H16/c1-2-7-13(8-3-1)11-6-12-14-9-4-5-10-14/h1-3,7-8,11-12,14H,4-5,9-10H2. The molecule has 1 aromatic carbocycles. The molecule has 0 spiro atoms. The van der Waals surface area contributed by atoms with Crippen molar-refractivity contribution in [2.45, 2.75) is 25.7 Å². The number of hydrogen-bond donors (Lipinski definition) is 0. The Balaban J connectivity index is 1.99. The Morgan fingerprint density at radius 3 is 2.50 bits per heavy atom. The van der Waals surface area contributed by atoms with E-state index in [1.807, 2.05) is 6.07 Å². The van der Waals surface area contributed by atoms with Gasteiger partial charge in [0, 0.05) is 0 Å². The van der Waals surface area contributed by atoms with Crippen LogP contribution in [0.2, 0.25) is 0 Å². The topological polar surface area (TPSA) is 0 Å². The third-order valence-electron chi connectivity index (χ3n) is 2.78. The molecule has 72 valence electrons. The van der Waals surface area contributed by atoms with E-state index in [-0.39, 0.29) is 0 Å². The predicted octanol–water partition coefficient (Wildman–Crippen LogP) is 4.05. The molecule has 0 saturated heterocycles. The third kappa shape index (κ3) is 2.61. The molecule has 0 heterocycles. The van der Waals surface area contributed by atoms with E-state index in [0.29, 0.717) is 0 Å². The normalized spacial score (nSPS) is 16.3. The van der Waals surface area contributed by atoms with Crippen molar-refractivity contribution in [1.82, 2.24) is 0 Å². The van der Waals surface area contributed by atoms with Gasteiger partial charge in [0.25, 0.3) is 0 Å². The van der Waals surface area contributed by atoms with Crippen LogP contribution < -0.4 is 0 Å². The molecule has 0 nitrogen and oxygen atoms in total. The van der Waals surface area contributed by atoms with Gasteiger partial charge in [-0.25, -0.2) is 0 Å².